The van der Waals surface area contributed by atoms with Gasteiger partial charge in [0.15, 0.2) is 0 Å². The van der Waals surface area contributed by atoms with Crippen LogP contribution in [0.1, 0.15) is 5.56 Å². The van der Waals surface area contributed by atoms with Gasteiger partial charge >= 0.3 is 0 Å². The standard InChI is InChI=1S/C9H7ClF2O/c10-7-1-2-8(11)6(9(7)12)3-5-4-13-5/h1-2,5H,3-4H2. The van der Waals surface area contributed by atoms with E-state index in [9.17, 15) is 8.78 Å². The van der Waals surface area contributed by atoms with Crippen molar-refractivity contribution < 1.29 is 13.5 Å². The highest BCUT2D eigenvalue weighted by atomic mass is 35.5. The summed E-state index contributed by atoms with van der Waals surface area (Å²) >= 11 is 5.51. The minimum atomic E-state index is -0.669. The van der Waals surface area contributed by atoms with Gasteiger partial charge in [0.05, 0.1) is 17.7 Å². The molecular weight excluding hydrogens is 198 g/mol. The van der Waals surface area contributed by atoms with Crippen LogP contribution >= 0.6 is 11.6 Å². The van der Waals surface area contributed by atoms with E-state index < -0.39 is 11.6 Å². The lowest BCUT2D eigenvalue weighted by Gasteiger charge is -2.03. The molecule has 1 saturated heterocycles. The second kappa shape index (κ2) is 3.24. The molecule has 1 aromatic rings. The van der Waals surface area contributed by atoms with Crippen molar-refractivity contribution in [2.24, 2.45) is 0 Å². The van der Waals surface area contributed by atoms with Crippen LogP contribution in [0, 0.1) is 11.6 Å². The Hall–Kier alpha value is -0.670. The molecule has 0 spiro atoms. The molecule has 1 aromatic carbocycles. The van der Waals surface area contributed by atoms with Crippen molar-refractivity contribution in [2.45, 2.75) is 12.5 Å². The Morgan fingerprint density at radius 2 is 2.15 bits per heavy atom. The van der Waals surface area contributed by atoms with Crippen LogP contribution in [0.5, 0.6) is 0 Å². The summed E-state index contributed by atoms with van der Waals surface area (Å²) in [6.07, 6.45) is 0.223. The Bertz CT molecular complexity index is 337. The van der Waals surface area contributed by atoms with Crippen LogP contribution < -0.4 is 0 Å². The van der Waals surface area contributed by atoms with Gasteiger partial charge in [-0.15, -0.1) is 0 Å². The molecule has 1 unspecified atom stereocenters. The lowest BCUT2D eigenvalue weighted by atomic mass is 10.1. The minimum Gasteiger partial charge on any atom is -0.373 e. The van der Waals surface area contributed by atoms with E-state index in [0.717, 1.165) is 0 Å². The molecule has 0 aromatic heterocycles. The average Bonchev–Trinajstić information content (AvgIpc) is 2.89. The Labute approximate surface area is 79.3 Å². The van der Waals surface area contributed by atoms with Gasteiger partial charge < -0.3 is 4.74 Å². The smallest absolute Gasteiger partial charge is 0.147 e. The van der Waals surface area contributed by atoms with Gasteiger partial charge in [-0.25, -0.2) is 8.78 Å². The summed E-state index contributed by atoms with van der Waals surface area (Å²) in [6.45, 7) is 0.575. The van der Waals surface area contributed by atoms with E-state index in [4.69, 9.17) is 16.3 Å². The first-order valence-corrected chi connectivity index (χ1v) is 4.30. The van der Waals surface area contributed by atoms with Crippen molar-refractivity contribution in [1.82, 2.24) is 0 Å². The van der Waals surface area contributed by atoms with E-state index in [2.05, 4.69) is 0 Å². The topological polar surface area (TPSA) is 12.5 Å². The lowest BCUT2D eigenvalue weighted by Crippen LogP contribution is -2.01. The highest BCUT2D eigenvalue weighted by Gasteiger charge is 2.26. The zero-order chi connectivity index (χ0) is 9.42. The van der Waals surface area contributed by atoms with Gasteiger partial charge in [0.1, 0.15) is 11.6 Å². The van der Waals surface area contributed by atoms with Gasteiger partial charge in [-0.3, -0.25) is 0 Å². The first-order chi connectivity index (χ1) is 6.18. The molecule has 1 fully saturated rings. The highest BCUT2D eigenvalue weighted by Crippen LogP contribution is 2.25. The quantitative estimate of drug-likeness (QED) is 0.533. The van der Waals surface area contributed by atoms with Gasteiger partial charge in [-0.1, -0.05) is 11.6 Å². The van der Waals surface area contributed by atoms with Crippen LogP contribution in [-0.4, -0.2) is 12.7 Å². The molecule has 1 atom stereocenters. The van der Waals surface area contributed by atoms with E-state index in [0.29, 0.717) is 6.61 Å². The Morgan fingerprint density at radius 1 is 1.46 bits per heavy atom. The summed E-state index contributed by atoms with van der Waals surface area (Å²) in [4.78, 5) is 0. The molecule has 1 heterocycles. The van der Waals surface area contributed by atoms with Crippen LogP contribution in [0.4, 0.5) is 8.78 Å². The molecule has 0 N–H and O–H groups in total. The van der Waals surface area contributed by atoms with Gasteiger partial charge in [-0.2, -0.15) is 0 Å². The molecule has 0 aliphatic carbocycles. The molecule has 70 valence electrons. The molecule has 1 aliphatic rings. The fraction of sp³-hybridized carbons (Fsp3) is 0.333. The van der Waals surface area contributed by atoms with Gasteiger partial charge in [0, 0.05) is 12.0 Å². The predicted octanol–water partition coefficient (Wildman–Crippen LogP) is 2.56. The highest BCUT2D eigenvalue weighted by molar-refractivity contribution is 6.30. The van der Waals surface area contributed by atoms with Crippen molar-refractivity contribution in [1.29, 1.82) is 0 Å². The summed E-state index contributed by atoms with van der Waals surface area (Å²) in [6, 6.07) is 2.38. The number of hydrogen-bond acceptors (Lipinski definition) is 1. The van der Waals surface area contributed by atoms with E-state index in [-0.39, 0.29) is 23.1 Å². The summed E-state index contributed by atoms with van der Waals surface area (Å²) in [5.41, 5.74) is 0.0231. The van der Waals surface area contributed by atoms with Crippen molar-refractivity contribution in [2.75, 3.05) is 6.61 Å². The minimum absolute atomic E-state index is 0.0231. The van der Waals surface area contributed by atoms with Crippen LogP contribution in [0.25, 0.3) is 0 Å². The maximum atomic E-state index is 13.2. The zero-order valence-corrected chi connectivity index (χ0v) is 7.44. The van der Waals surface area contributed by atoms with Crippen LogP contribution in [0.15, 0.2) is 12.1 Å². The number of halogens is 3. The van der Waals surface area contributed by atoms with E-state index in [1.807, 2.05) is 0 Å². The Morgan fingerprint density at radius 3 is 2.77 bits per heavy atom. The van der Waals surface area contributed by atoms with Crippen molar-refractivity contribution in [3.05, 3.63) is 34.4 Å². The molecule has 13 heavy (non-hydrogen) atoms. The number of ether oxygens (including phenoxy) is 1. The first kappa shape index (κ1) is 8.91. The number of hydrogen-bond donors (Lipinski definition) is 0. The van der Waals surface area contributed by atoms with Crippen LogP contribution in [0.2, 0.25) is 5.02 Å². The second-order valence-electron chi connectivity index (χ2n) is 2.98. The summed E-state index contributed by atoms with van der Waals surface area (Å²) in [5.74, 6) is -1.23. The summed E-state index contributed by atoms with van der Waals surface area (Å²) < 4.78 is 31.2. The molecule has 1 nitrogen and oxygen atoms in total. The largest absolute Gasteiger partial charge is 0.373 e. The number of epoxide rings is 1. The van der Waals surface area contributed by atoms with Crippen molar-refractivity contribution in [3.8, 4) is 0 Å². The van der Waals surface area contributed by atoms with E-state index >= 15 is 0 Å². The Kier molecular flexibility index (Phi) is 2.22. The lowest BCUT2D eigenvalue weighted by molar-refractivity contribution is 0.401. The Balaban J connectivity index is 2.34. The fourth-order valence-corrected chi connectivity index (χ4v) is 1.35. The molecule has 0 radical (unpaired) electrons. The summed E-state index contributed by atoms with van der Waals surface area (Å²) in [7, 11) is 0. The third-order valence-corrected chi connectivity index (χ3v) is 2.26. The SMILES string of the molecule is Fc1ccc(Cl)c(F)c1CC1CO1. The van der Waals surface area contributed by atoms with Gasteiger partial charge in [-0.05, 0) is 12.1 Å². The maximum Gasteiger partial charge on any atom is 0.147 e. The molecule has 0 saturated carbocycles. The zero-order valence-electron chi connectivity index (χ0n) is 6.69. The van der Waals surface area contributed by atoms with Gasteiger partial charge in [0.25, 0.3) is 0 Å². The fourth-order valence-electron chi connectivity index (χ4n) is 1.17. The average molecular weight is 205 g/mol. The molecule has 0 bridgehead atoms. The van der Waals surface area contributed by atoms with Crippen molar-refractivity contribution in [3.63, 3.8) is 0 Å². The monoisotopic (exact) mass is 204 g/mol. The third-order valence-electron chi connectivity index (χ3n) is 1.97. The first-order valence-electron chi connectivity index (χ1n) is 3.92. The normalized spacial score (nSPS) is 20.4. The van der Waals surface area contributed by atoms with Crippen molar-refractivity contribution >= 4 is 11.6 Å². The number of rotatable bonds is 2. The molecular formula is C9H7ClF2O. The third kappa shape index (κ3) is 1.81. The van der Waals surface area contributed by atoms with Crippen LogP contribution in [0.3, 0.4) is 0 Å². The van der Waals surface area contributed by atoms with E-state index in [1.54, 1.807) is 0 Å². The predicted molar refractivity (Wildman–Crippen MR) is 44.8 cm³/mol. The second-order valence-corrected chi connectivity index (χ2v) is 3.39. The molecule has 0 amide bonds. The molecule has 1 aliphatic heterocycles. The number of benzene rings is 1. The van der Waals surface area contributed by atoms with E-state index in [1.165, 1.54) is 12.1 Å². The molecule has 2 rings (SSSR count). The summed E-state index contributed by atoms with van der Waals surface area (Å²) in [5, 5.41) is -0.0444. The molecule has 4 heteroatoms. The van der Waals surface area contributed by atoms with Gasteiger partial charge in [0.2, 0.25) is 0 Å². The maximum absolute atomic E-state index is 13.2. The van der Waals surface area contributed by atoms with Crippen LogP contribution in [-0.2, 0) is 11.2 Å².